The standard InChI is InChI=1S/C37H39BN4O4/c1-46-38-39-25-34(43)41-33-16-9-21-37(33)22-23-42(32-15-8-5-12-28(32)24-37)36(45)27-17-19-29(20-18-27)40-35(44)31-14-7-6-13-30(31)26-10-3-2-4-11-26/h2-8,10-15,17-20,33,38-39H,9,16,21-25H2,1H3,(H,40,44)(H,41,43). The third-order valence-corrected chi connectivity index (χ3v) is 9.32. The van der Waals surface area contributed by atoms with Crippen molar-refractivity contribution >= 4 is 36.7 Å². The first-order valence-electron chi connectivity index (χ1n) is 15.9. The third kappa shape index (κ3) is 6.76. The number of para-hydroxylation sites is 1. The van der Waals surface area contributed by atoms with Crippen molar-refractivity contribution in [3.63, 3.8) is 0 Å². The van der Waals surface area contributed by atoms with Crippen LogP contribution in [0.5, 0.6) is 0 Å². The van der Waals surface area contributed by atoms with E-state index in [1.165, 1.54) is 0 Å². The molecule has 0 radical (unpaired) electrons. The maximum atomic E-state index is 14.0. The monoisotopic (exact) mass is 614 g/mol. The summed E-state index contributed by atoms with van der Waals surface area (Å²) >= 11 is 0. The highest BCUT2D eigenvalue weighted by Gasteiger charge is 2.46. The highest BCUT2D eigenvalue weighted by atomic mass is 16.4. The molecule has 3 amide bonds. The molecule has 2 unspecified atom stereocenters. The van der Waals surface area contributed by atoms with Crippen molar-refractivity contribution in [1.82, 2.24) is 10.5 Å². The van der Waals surface area contributed by atoms with Gasteiger partial charge in [0.1, 0.15) is 0 Å². The number of benzene rings is 4. The summed E-state index contributed by atoms with van der Waals surface area (Å²) in [4.78, 5) is 41.9. The zero-order valence-electron chi connectivity index (χ0n) is 26.1. The Hall–Kier alpha value is -4.73. The molecule has 2 atom stereocenters. The molecule has 0 bridgehead atoms. The number of nitrogens with zero attached hydrogens (tertiary/aromatic N) is 1. The van der Waals surface area contributed by atoms with Crippen LogP contribution in [0.2, 0.25) is 0 Å². The van der Waals surface area contributed by atoms with E-state index in [4.69, 9.17) is 4.65 Å². The Bertz CT molecular complexity index is 1700. The van der Waals surface area contributed by atoms with Crippen LogP contribution in [0.15, 0.2) is 103 Å². The Morgan fingerprint density at radius 2 is 1.63 bits per heavy atom. The first kappa shape index (κ1) is 31.3. The van der Waals surface area contributed by atoms with Crippen LogP contribution in [0, 0.1) is 5.41 Å². The average Bonchev–Trinajstić information content (AvgIpc) is 3.37. The first-order chi connectivity index (χ1) is 22.5. The van der Waals surface area contributed by atoms with Gasteiger partial charge in [-0.2, -0.15) is 0 Å². The average molecular weight is 615 g/mol. The molecule has 1 spiro atoms. The minimum atomic E-state index is -0.210. The molecule has 3 N–H and O–H groups in total. The second-order valence-corrected chi connectivity index (χ2v) is 12.2. The van der Waals surface area contributed by atoms with E-state index in [9.17, 15) is 14.4 Å². The predicted molar refractivity (Wildman–Crippen MR) is 183 cm³/mol. The Morgan fingerprint density at radius 3 is 2.43 bits per heavy atom. The lowest BCUT2D eigenvalue weighted by Gasteiger charge is -2.35. The second kappa shape index (κ2) is 14.1. The van der Waals surface area contributed by atoms with E-state index in [1.807, 2.05) is 77.7 Å². The van der Waals surface area contributed by atoms with Gasteiger partial charge in [-0.15, -0.1) is 0 Å². The van der Waals surface area contributed by atoms with Gasteiger partial charge < -0.3 is 25.4 Å². The molecule has 1 saturated carbocycles. The zero-order chi connectivity index (χ0) is 31.9. The zero-order valence-corrected chi connectivity index (χ0v) is 26.1. The highest BCUT2D eigenvalue weighted by Crippen LogP contribution is 2.47. The van der Waals surface area contributed by atoms with Crippen LogP contribution in [0.25, 0.3) is 11.1 Å². The van der Waals surface area contributed by atoms with Gasteiger partial charge in [0, 0.05) is 42.2 Å². The van der Waals surface area contributed by atoms with Crippen LogP contribution < -0.4 is 20.8 Å². The third-order valence-electron chi connectivity index (χ3n) is 9.32. The Labute approximate surface area is 270 Å². The smallest absolute Gasteiger partial charge is 0.360 e. The fraction of sp³-hybridized carbons (Fsp3) is 0.270. The van der Waals surface area contributed by atoms with Gasteiger partial charge in [-0.1, -0.05) is 73.2 Å². The number of rotatable bonds is 9. The Kier molecular flexibility index (Phi) is 9.61. The molecule has 8 nitrogen and oxygen atoms in total. The lowest BCUT2D eigenvalue weighted by atomic mass is 9.74. The van der Waals surface area contributed by atoms with E-state index in [1.54, 1.807) is 31.4 Å². The molecule has 4 aromatic carbocycles. The lowest BCUT2D eigenvalue weighted by Crippen LogP contribution is -2.49. The van der Waals surface area contributed by atoms with Crippen molar-refractivity contribution in [2.24, 2.45) is 5.41 Å². The summed E-state index contributed by atoms with van der Waals surface area (Å²) in [5.74, 6) is -0.332. The quantitative estimate of drug-likeness (QED) is 0.174. The molecule has 1 heterocycles. The van der Waals surface area contributed by atoms with Crippen LogP contribution in [0.3, 0.4) is 0 Å². The van der Waals surface area contributed by atoms with E-state index in [2.05, 4.69) is 21.9 Å². The summed E-state index contributed by atoms with van der Waals surface area (Å²) in [6.07, 6.45) is 4.56. The summed E-state index contributed by atoms with van der Waals surface area (Å²) in [5.41, 5.74) is 5.49. The van der Waals surface area contributed by atoms with Crippen molar-refractivity contribution in [3.05, 3.63) is 120 Å². The Balaban J connectivity index is 1.17. The fourth-order valence-corrected chi connectivity index (χ4v) is 7.04. The van der Waals surface area contributed by atoms with Crippen molar-refractivity contribution in [2.75, 3.05) is 30.4 Å². The summed E-state index contributed by atoms with van der Waals surface area (Å²) in [6, 6.07) is 32.6. The molecule has 1 fully saturated rings. The topological polar surface area (TPSA) is 99.8 Å². The van der Waals surface area contributed by atoms with Gasteiger partial charge in [-0.3, -0.25) is 14.4 Å². The van der Waals surface area contributed by atoms with Gasteiger partial charge in [0.05, 0.1) is 6.54 Å². The molecule has 0 aromatic heterocycles. The van der Waals surface area contributed by atoms with Gasteiger partial charge in [0.2, 0.25) is 5.91 Å². The van der Waals surface area contributed by atoms with Crippen LogP contribution in [0.1, 0.15) is 52.0 Å². The SMILES string of the molecule is COBNCC(=O)NC1CCCC12CCN(C(=O)c1ccc(NC(=O)c3ccccc3-c3ccccc3)cc1)c1ccccc1C2. The summed E-state index contributed by atoms with van der Waals surface area (Å²) in [7, 11) is 1.91. The van der Waals surface area contributed by atoms with Gasteiger partial charge >= 0.3 is 7.62 Å². The van der Waals surface area contributed by atoms with Gasteiger partial charge in [-0.05, 0) is 84.2 Å². The van der Waals surface area contributed by atoms with Gasteiger partial charge in [0.15, 0.2) is 0 Å². The molecule has 9 heteroatoms. The summed E-state index contributed by atoms with van der Waals surface area (Å²) < 4.78 is 5.01. The molecule has 2 aliphatic rings. The number of nitrogens with one attached hydrogen (secondary N) is 3. The number of amides is 3. The molecule has 46 heavy (non-hydrogen) atoms. The maximum Gasteiger partial charge on any atom is 0.360 e. The van der Waals surface area contributed by atoms with Crippen molar-refractivity contribution in [2.45, 2.75) is 38.1 Å². The van der Waals surface area contributed by atoms with E-state index in [0.29, 0.717) is 31.0 Å². The maximum absolute atomic E-state index is 14.0. The number of hydrogen-bond donors (Lipinski definition) is 3. The molecule has 4 aromatic rings. The predicted octanol–water partition coefficient (Wildman–Crippen LogP) is 5.36. The lowest BCUT2D eigenvalue weighted by molar-refractivity contribution is -0.121. The highest BCUT2D eigenvalue weighted by molar-refractivity contribution is 6.24. The van der Waals surface area contributed by atoms with Crippen LogP contribution in [-0.2, 0) is 15.9 Å². The fourth-order valence-electron chi connectivity index (χ4n) is 7.04. The summed E-state index contributed by atoms with van der Waals surface area (Å²) in [6.45, 7) is 0.760. The number of hydrogen-bond acceptors (Lipinski definition) is 5. The largest absolute Gasteiger partial charge is 0.427 e. The van der Waals surface area contributed by atoms with E-state index >= 15 is 0 Å². The number of fused-ring (bicyclic) bond motifs is 1. The number of anilines is 2. The Morgan fingerprint density at radius 1 is 0.891 bits per heavy atom. The molecule has 1 aliphatic heterocycles. The van der Waals surface area contributed by atoms with E-state index in [0.717, 1.165) is 54.5 Å². The molecular weight excluding hydrogens is 575 g/mol. The van der Waals surface area contributed by atoms with Crippen LogP contribution in [-0.4, -0.2) is 51.6 Å². The van der Waals surface area contributed by atoms with Crippen molar-refractivity contribution in [3.8, 4) is 11.1 Å². The van der Waals surface area contributed by atoms with E-state index in [-0.39, 0.29) is 35.7 Å². The van der Waals surface area contributed by atoms with Crippen molar-refractivity contribution < 1.29 is 19.0 Å². The number of carbonyl (C=O) groups is 3. The molecule has 1 aliphatic carbocycles. The molecule has 0 saturated heterocycles. The molecule has 234 valence electrons. The van der Waals surface area contributed by atoms with Crippen LogP contribution >= 0.6 is 0 Å². The molecule has 6 rings (SSSR count). The van der Waals surface area contributed by atoms with Crippen LogP contribution in [0.4, 0.5) is 11.4 Å². The minimum absolute atomic E-state index is 0.0375. The minimum Gasteiger partial charge on any atom is -0.427 e. The van der Waals surface area contributed by atoms with Gasteiger partial charge in [0.25, 0.3) is 11.8 Å². The van der Waals surface area contributed by atoms with Gasteiger partial charge in [-0.25, -0.2) is 0 Å². The normalized spacial score (nSPS) is 18.8. The first-order valence-corrected chi connectivity index (χ1v) is 15.9. The van der Waals surface area contributed by atoms with Crippen molar-refractivity contribution in [1.29, 1.82) is 0 Å². The second-order valence-electron chi connectivity index (χ2n) is 12.2. The number of carbonyl (C=O) groups excluding carboxylic acids is 3. The molecular formula is C37H39BN4O4. The summed E-state index contributed by atoms with van der Waals surface area (Å²) in [5, 5.41) is 9.27. The van der Waals surface area contributed by atoms with E-state index < -0.39 is 0 Å².